The second-order valence-corrected chi connectivity index (χ2v) is 5.01. The Balaban J connectivity index is 0.00000176. The Labute approximate surface area is 136 Å². The van der Waals surface area contributed by atoms with Crippen LogP contribution in [-0.4, -0.2) is 22.8 Å². The van der Waals surface area contributed by atoms with Gasteiger partial charge in [0.05, 0.1) is 18.5 Å². The molecule has 3 heterocycles. The molecule has 0 aromatic carbocycles. The van der Waals surface area contributed by atoms with Crippen molar-refractivity contribution in [1.29, 1.82) is 0 Å². The lowest BCUT2D eigenvalue weighted by atomic mass is 10.2. The molecule has 1 aliphatic rings. The third-order valence-corrected chi connectivity index (χ3v) is 3.44. The molecule has 2 aromatic heterocycles. The molecule has 0 saturated carbocycles. The molecular weight excluding hydrogens is 298 g/mol. The zero-order valence-electron chi connectivity index (χ0n) is 12.7. The van der Waals surface area contributed by atoms with Crippen LogP contribution in [0.3, 0.4) is 0 Å². The number of allylic oxidation sites excluding steroid dienone is 1. The van der Waals surface area contributed by atoms with E-state index in [1.54, 1.807) is 7.11 Å². The summed E-state index contributed by atoms with van der Waals surface area (Å²) in [5.41, 5.74) is 5.02. The number of H-pyrrole nitrogens is 2. The standard InChI is InChI=1S/C17H19N3O.ClH/c1-3-5-12-7-8-13(19-12)10-16-17(21-2)11-15(20-16)14-6-4-9-18-14;/h4,6-11,18-19H,3,5H2,1-2H3;1H. The van der Waals surface area contributed by atoms with E-state index in [9.17, 15) is 0 Å². The number of nitrogens with one attached hydrogen (secondary N) is 2. The van der Waals surface area contributed by atoms with Crippen molar-refractivity contribution in [2.24, 2.45) is 4.99 Å². The summed E-state index contributed by atoms with van der Waals surface area (Å²) in [6.07, 6.45) is 8.06. The molecule has 2 N–H and O–H groups in total. The van der Waals surface area contributed by atoms with E-state index < -0.39 is 0 Å². The van der Waals surface area contributed by atoms with Gasteiger partial charge in [0.2, 0.25) is 0 Å². The van der Waals surface area contributed by atoms with Gasteiger partial charge in [0.25, 0.3) is 0 Å². The molecule has 3 rings (SSSR count). The SMILES string of the molecule is CCCc1ccc(C=C2N=C(c3ccc[nH]3)C=C2OC)[nH]1.Cl. The van der Waals surface area contributed by atoms with Crippen LogP contribution in [0.1, 0.15) is 30.4 Å². The third-order valence-electron chi connectivity index (χ3n) is 3.44. The first-order valence-corrected chi connectivity index (χ1v) is 7.18. The highest BCUT2D eigenvalue weighted by molar-refractivity contribution is 6.11. The average Bonchev–Trinajstić information content (AvgIpc) is 3.19. The molecule has 22 heavy (non-hydrogen) atoms. The van der Waals surface area contributed by atoms with Crippen LogP contribution in [0, 0.1) is 0 Å². The lowest BCUT2D eigenvalue weighted by Gasteiger charge is -2.00. The number of halogens is 1. The Hall–Kier alpha value is -2.20. The van der Waals surface area contributed by atoms with Gasteiger partial charge >= 0.3 is 0 Å². The third kappa shape index (κ3) is 3.34. The number of aryl methyl sites for hydroxylation is 1. The highest BCUT2D eigenvalue weighted by Crippen LogP contribution is 2.24. The van der Waals surface area contributed by atoms with Crippen molar-refractivity contribution in [2.75, 3.05) is 7.11 Å². The zero-order valence-corrected chi connectivity index (χ0v) is 13.5. The average molecular weight is 318 g/mol. The van der Waals surface area contributed by atoms with E-state index in [0.29, 0.717) is 0 Å². The predicted molar refractivity (Wildman–Crippen MR) is 92.4 cm³/mol. The van der Waals surface area contributed by atoms with Crippen molar-refractivity contribution in [3.63, 3.8) is 0 Å². The van der Waals surface area contributed by atoms with Crippen LogP contribution >= 0.6 is 12.4 Å². The molecule has 5 heteroatoms. The fourth-order valence-corrected chi connectivity index (χ4v) is 2.42. The fraction of sp³-hybridized carbons (Fsp3) is 0.235. The van der Waals surface area contributed by atoms with E-state index in [0.717, 1.165) is 41.4 Å². The minimum absolute atomic E-state index is 0. The smallest absolute Gasteiger partial charge is 0.146 e. The molecule has 4 nitrogen and oxygen atoms in total. The Morgan fingerprint density at radius 2 is 2.14 bits per heavy atom. The minimum atomic E-state index is 0. The van der Waals surface area contributed by atoms with Crippen LogP contribution in [0.15, 0.2) is 53.0 Å². The van der Waals surface area contributed by atoms with Gasteiger partial charge in [-0.05, 0) is 36.8 Å². The fourth-order valence-electron chi connectivity index (χ4n) is 2.42. The summed E-state index contributed by atoms with van der Waals surface area (Å²) in [5, 5.41) is 0. The summed E-state index contributed by atoms with van der Waals surface area (Å²) in [7, 11) is 1.67. The van der Waals surface area contributed by atoms with Gasteiger partial charge in [-0.15, -0.1) is 12.4 Å². The van der Waals surface area contributed by atoms with E-state index in [2.05, 4.69) is 34.0 Å². The summed E-state index contributed by atoms with van der Waals surface area (Å²) in [5.74, 6) is 0.784. The second-order valence-electron chi connectivity index (χ2n) is 5.01. The van der Waals surface area contributed by atoms with Crippen molar-refractivity contribution < 1.29 is 4.74 Å². The molecule has 0 bridgehead atoms. The summed E-state index contributed by atoms with van der Waals surface area (Å²) in [6.45, 7) is 2.18. The van der Waals surface area contributed by atoms with Crippen LogP contribution in [-0.2, 0) is 11.2 Å². The van der Waals surface area contributed by atoms with E-state index in [1.807, 2.05) is 30.5 Å². The first-order valence-electron chi connectivity index (χ1n) is 7.18. The molecule has 0 saturated heterocycles. The maximum Gasteiger partial charge on any atom is 0.146 e. The molecule has 0 radical (unpaired) electrons. The van der Waals surface area contributed by atoms with Gasteiger partial charge in [-0.3, -0.25) is 0 Å². The molecule has 1 aliphatic heterocycles. The number of aliphatic imine (C=N–C) groups is 1. The predicted octanol–water partition coefficient (Wildman–Crippen LogP) is 4.09. The lowest BCUT2D eigenvalue weighted by molar-refractivity contribution is 0.303. The van der Waals surface area contributed by atoms with Gasteiger partial charge in [0.1, 0.15) is 11.5 Å². The number of methoxy groups -OCH3 is 1. The monoisotopic (exact) mass is 317 g/mol. The lowest BCUT2D eigenvalue weighted by Crippen LogP contribution is -1.93. The number of rotatable bonds is 5. The van der Waals surface area contributed by atoms with Crippen molar-refractivity contribution in [1.82, 2.24) is 9.97 Å². The molecular formula is C17H20ClN3O. The van der Waals surface area contributed by atoms with Crippen LogP contribution in [0.25, 0.3) is 6.08 Å². The number of aromatic nitrogens is 2. The molecule has 0 unspecified atom stereocenters. The number of hydrogen-bond acceptors (Lipinski definition) is 2. The molecule has 0 amide bonds. The first-order chi connectivity index (χ1) is 10.3. The summed E-state index contributed by atoms with van der Waals surface area (Å²) >= 11 is 0. The Morgan fingerprint density at radius 1 is 1.27 bits per heavy atom. The summed E-state index contributed by atoms with van der Waals surface area (Å²) in [4.78, 5) is 11.2. The van der Waals surface area contributed by atoms with Crippen LogP contribution in [0.5, 0.6) is 0 Å². The van der Waals surface area contributed by atoms with Crippen LogP contribution in [0.2, 0.25) is 0 Å². The number of ether oxygens (including phenoxy) is 1. The summed E-state index contributed by atoms with van der Waals surface area (Å²) < 4.78 is 5.43. The van der Waals surface area contributed by atoms with Crippen molar-refractivity contribution in [3.05, 3.63) is 65.1 Å². The molecule has 2 aromatic rings. The molecule has 0 fully saturated rings. The van der Waals surface area contributed by atoms with Gasteiger partial charge < -0.3 is 14.7 Å². The quantitative estimate of drug-likeness (QED) is 0.857. The van der Waals surface area contributed by atoms with E-state index >= 15 is 0 Å². The number of aromatic amines is 2. The van der Waals surface area contributed by atoms with Crippen molar-refractivity contribution in [2.45, 2.75) is 19.8 Å². The van der Waals surface area contributed by atoms with Gasteiger partial charge in [-0.2, -0.15) is 0 Å². The molecule has 116 valence electrons. The van der Waals surface area contributed by atoms with Crippen molar-refractivity contribution in [3.8, 4) is 0 Å². The molecule has 0 spiro atoms. The first kappa shape index (κ1) is 16.2. The number of nitrogens with zero attached hydrogens (tertiary/aromatic N) is 1. The Bertz CT molecular complexity index is 708. The Kier molecular flexibility index (Phi) is 5.28. The van der Waals surface area contributed by atoms with Crippen LogP contribution < -0.4 is 0 Å². The molecule has 0 atom stereocenters. The largest absolute Gasteiger partial charge is 0.494 e. The maximum atomic E-state index is 5.43. The second kappa shape index (κ2) is 7.18. The van der Waals surface area contributed by atoms with Gasteiger partial charge in [-0.1, -0.05) is 13.3 Å². The van der Waals surface area contributed by atoms with Gasteiger partial charge in [0, 0.05) is 23.7 Å². The maximum absolute atomic E-state index is 5.43. The highest BCUT2D eigenvalue weighted by Gasteiger charge is 2.17. The van der Waals surface area contributed by atoms with Gasteiger partial charge in [-0.25, -0.2) is 4.99 Å². The van der Waals surface area contributed by atoms with E-state index in [-0.39, 0.29) is 12.4 Å². The van der Waals surface area contributed by atoms with Crippen LogP contribution in [0.4, 0.5) is 0 Å². The molecule has 0 aliphatic carbocycles. The van der Waals surface area contributed by atoms with E-state index in [4.69, 9.17) is 4.74 Å². The topological polar surface area (TPSA) is 53.2 Å². The summed E-state index contributed by atoms with van der Waals surface area (Å²) in [6, 6.07) is 8.16. The van der Waals surface area contributed by atoms with Gasteiger partial charge in [0.15, 0.2) is 0 Å². The Morgan fingerprint density at radius 3 is 2.82 bits per heavy atom. The minimum Gasteiger partial charge on any atom is -0.494 e. The normalized spacial score (nSPS) is 15.5. The van der Waals surface area contributed by atoms with E-state index in [1.165, 1.54) is 5.69 Å². The van der Waals surface area contributed by atoms with Crippen molar-refractivity contribution >= 4 is 24.2 Å². The number of hydrogen-bond donors (Lipinski definition) is 2. The zero-order chi connectivity index (χ0) is 14.7. The highest BCUT2D eigenvalue weighted by atomic mass is 35.5.